The molecule has 4 aliphatic carbocycles. The first-order valence-electron chi connectivity index (χ1n) is 18.0. The highest BCUT2D eigenvalue weighted by atomic mass is 16.7. The van der Waals surface area contributed by atoms with E-state index in [-0.39, 0.29) is 31.1 Å². The Morgan fingerprint density at radius 2 is 1.32 bits per heavy atom. The highest BCUT2D eigenvalue weighted by Gasteiger charge is 2.57. The lowest BCUT2D eigenvalue weighted by atomic mass is 9.43. The van der Waals surface area contributed by atoms with Crippen molar-refractivity contribution in [1.82, 2.24) is 5.32 Å². The standard InChI is InChI=1S/C34H59NO12/c1-3-4-5-6-7-34(21-9-19-8-20(11-21)12-22(34)10-19)13-26(38)35-23(16-44-32-30(42)27(39)18(2)24(14-36)46-32)17-45-33-31(43)29(41)28(40)25(15-37)47-33/h18-25,27-33,36-37,39-43H,3-17H2,1-2H3,(H,35,38)/t18-,19?,20?,21?,22?,23?,24?,25?,27?,28-,29?,30+,31+,32-,33-,34?/m0/s1. The number of nitrogens with one attached hydrogen (secondary N) is 1. The van der Waals surface area contributed by atoms with Gasteiger partial charge in [0.1, 0.15) is 30.5 Å². The summed E-state index contributed by atoms with van der Waals surface area (Å²) in [5.74, 6) is 1.90. The maximum absolute atomic E-state index is 14.0. The first-order valence-corrected chi connectivity index (χ1v) is 18.0. The van der Waals surface area contributed by atoms with Gasteiger partial charge in [0.15, 0.2) is 12.6 Å². The van der Waals surface area contributed by atoms with Crippen LogP contribution in [0.2, 0.25) is 0 Å². The van der Waals surface area contributed by atoms with Crippen LogP contribution >= 0.6 is 0 Å². The summed E-state index contributed by atoms with van der Waals surface area (Å²) in [4.78, 5) is 14.0. The Hall–Kier alpha value is -0.970. The average Bonchev–Trinajstić information content (AvgIpc) is 3.05. The number of aliphatic hydroxyl groups excluding tert-OH is 7. The van der Waals surface area contributed by atoms with Crippen molar-refractivity contribution in [3.8, 4) is 0 Å². The topological polar surface area (TPSA) is 208 Å². The molecule has 1 amide bonds. The second-order valence-electron chi connectivity index (χ2n) is 15.2. The van der Waals surface area contributed by atoms with E-state index in [1.807, 2.05) is 0 Å². The van der Waals surface area contributed by atoms with Gasteiger partial charge in [-0.1, -0.05) is 39.5 Å². The summed E-state index contributed by atoms with van der Waals surface area (Å²) < 4.78 is 22.9. The van der Waals surface area contributed by atoms with Crippen molar-refractivity contribution in [2.24, 2.45) is 35.0 Å². The Labute approximate surface area is 277 Å². The fourth-order valence-corrected chi connectivity index (χ4v) is 9.54. The zero-order valence-electron chi connectivity index (χ0n) is 27.9. The molecule has 5 unspecified atom stereocenters. The number of carbonyl (C=O) groups excluding carboxylic acids is 1. The third-order valence-corrected chi connectivity index (χ3v) is 12.1. The molecule has 6 aliphatic rings. The predicted molar refractivity (Wildman–Crippen MR) is 167 cm³/mol. The van der Waals surface area contributed by atoms with E-state index < -0.39 is 73.9 Å². The van der Waals surface area contributed by atoms with Crippen molar-refractivity contribution in [3.63, 3.8) is 0 Å². The number of aliphatic hydroxyl groups is 7. The number of ether oxygens (including phenoxy) is 4. The number of rotatable bonds is 16. The van der Waals surface area contributed by atoms with Crippen molar-refractivity contribution in [2.75, 3.05) is 26.4 Å². The molecule has 4 saturated carbocycles. The van der Waals surface area contributed by atoms with E-state index in [0.29, 0.717) is 18.3 Å². The summed E-state index contributed by atoms with van der Waals surface area (Å²) in [7, 11) is 0. The molecule has 2 aliphatic heterocycles. The highest BCUT2D eigenvalue weighted by molar-refractivity contribution is 5.77. The molecule has 2 saturated heterocycles. The summed E-state index contributed by atoms with van der Waals surface area (Å²) in [6.07, 6.45) is 0.0712. The first kappa shape index (κ1) is 37.3. The third-order valence-electron chi connectivity index (χ3n) is 12.1. The van der Waals surface area contributed by atoms with Crippen molar-refractivity contribution in [3.05, 3.63) is 0 Å². The van der Waals surface area contributed by atoms with Gasteiger partial charge in [-0.15, -0.1) is 0 Å². The molecule has 13 nitrogen and oxygen atoms in total. The molecule has 2 heterocycles. The van der Waals surface area contributed by atoms with Gasteiger partial charge in [-0.2, -0.15) is 0 Å². The van der Waals surface area contributed by atoms with Gasteiger partial charge in [0.2, 0.25) is 5.91 Å². The normalized spacial score (nSPS) is 45.2. The Morgan fingerprint density at radius 1 is 0.766 bits per heavy atom. The Kier molecular flexibility index (Phi) is 13.0. The van der Waals surface area contributed by atoms with Gasteiger partial charge < -0.3 is 60.0 Å². The second kappa shape index (κ2) is 16.4. The molecule has 13 heteroatoms. The fraction of sp³-hybridized carbons (Fsp3) is 0.971. The molecule has 11 atom stereocenters. The smallest absolute Gasteiger partial charge is 0.220 e. The lowest BCUT2D eigenvalue weighted by molar-refractivity contribution is -0.306. The summed E-state index contributed by atoms with van der Waals surface area (Å²) in [6.45, 7) is 2.43. The third kappa shape index (κ3) is 8.17. The highest BCUT2D eigenvalue weighted by Crippen LogP contribution is 2.65. The Bertz CT molecular complexity index is 930. The summed E-state index contributed by atoms with van der Waals surface area (Å²) in [5, 5.41) is 74.5. The average molecular weight is 674 g/mol. The summed E-state index contributed by atoms with van der Waals surface area (Å²) in [5.41, 5.74) is -0.0634. The van der Waals surface area contributed by atoms with Crippen LogP contribution in [0.3, 0.4) is 0 Å². The van der Waals surface area contributed by atoms with E-state index in [1.165, 1.54) is 38.5 Å². The molecule has 8 N–H and O–H groups in total. The van der Waals surface area contributed by atoms with Crippen LogP contribution in [0.4, 0.5) is 0 Å². The minimum Gasteiger partial charge on any atom is -0.394 e. The zero-order valence-corrected chi connectivity index (χ0v) is 27.9. The van der Waals surface area contributed by atoms with Crippen LogP contribution in [0.25, 0.3) is 0 Å². The van der Waals surface area contributed by atoms with Crippen LogP contribution in [0.15, 0.2) is 0 Å². The van der Waals surface area contributed by atoms with Crippen LogP contribution < -0.4 is 5.32 Å². The van der Waals surface area contributed by atoms with E-state index in [1.54, 1.807) is 6.92 Å². The molecule has 272 valence electrons. The Balaban J connectivity index is 1.28. The lowest BCUT2D eigenvalue weighted by Gasteiger charge is -2.61. The monoisotopic (exact) mass is 673 g/mol. The van der Waals surface area contributed by atoms with Gasteiger partial charge in [-0.3, -0.25) is 4.79 Å². The Morgan fingerprint density at radius 3 is 1.87 bits per heavy atom. The number of carbonyl (C=O) groups is 1. The summed E-state index contributed by atoms with van der Waals surface area (Å²) >= 11 is 0. The molecule has 6 rings (SSSR count). The lowest BCUT2D eigenvalue weighted by Crippen LogP contribution is -2.60. The maximum atomic E-state index is 14.0. The summed E-state index contributed by atoms with van der Waals surface area (Å²) in [6, 6.07) is -0.816. The zero-order chi connectivity index (χ0) is 33.9. The van der Waals surface area contributed by atoms with Crippen LogP contribution in [0.1, 0.15) is 84.5 Å². The molecule has 0 spiro atoms. The van der Waals surface area contributed by atoms with Crippen LogP contribution in [-0.2, 0) is 23.7 Å². The van der Waals surface area contributed by atoms with Gasteiger partial charge in [0, 0.05) is 12.3 Å². The van der Waals surface area contributed by atoms with Gasteiger partial charge in [0.05, 0.1) is 44.7 Å². The van der Waals surface area contributed by atoms with Crippen LogP contribution in [0, 0.1) is 35.0 Å². The molecule has 6 fully saturated rings. The van der Waals surface area contributed by atoms with E-state index in [4.69, 9.17) is 18.9 Å². The van der Waals surface area contributed by atoms with Crippen molar-refractivity contribution < 1.29 is 59.5 Å². The number of hydrogen-bond acceptors (Lipinski definition) is 12. The van der Waals surface area contributed by atoms with Gasteiger partial charge >= 0.3 is 0 Å². The van der Waals surface area contributed by atoms with Gasteiger partial charge in [0.25, 0.3) is 0 Å². The van der Waals surface area contributed by atoms with E-state index in [2.05, 4.69) is 12.2 Å². The molecule has 4 bridgehead atoms. The minimum atomic E-state index is -1.62. The largest absolute Gasteiger partial charge is 0.394 e. The molecule has 0 aromatic rings. The van der Waals surface area contributed by atoms with Crippen LogP contribution in [-0.4, -0.2) is 129 Å². The number of unbranched alkanes of at least 4 members (excludes halogenated alkanes) is 3. The molecule has 0 radical (unpaired) electrons. The van der Waals surface area contributed by atoms with Gasteiger partial charge in [-0.05, 0) is 67.6 Å². The van der Waals surface area contributed by atoms with Gasteiger partial charge in [-0.25, -0.2) is 0 Å². The SMILES string of the molecule is CCCCCCC1(CC(=O)NC(CO[C@H]2OC(CO)[C@H](C)C(O)[C@H]2O)CO[C@H]2OC(CO)[C@H](O)C(O)[C@H]2O)C2CC3CC(C2)CC1C3. The number of hydrogen-bond donors (Lipinski definition) is 8. The van der Waals surface area contributed by atoms with Crippen molar-refractivity contribution in [2.45, 2.75) is 146 Å². The molecule has 0 aromatic carbocycles. The predicted octanol–water partition coefficient (Wildman–Crippen LogP) is 0.182. The molecule has 47 heavy (non-hydrogen) atoms. The molecular weight excluding hydrogens is 614 g/mol. The molecular formula is C34H59NO12. The molecule has 0 aromatic heterocycles. The quantitative estimate of drug-likeness (QED) is 0.103. The second-order valence-corrected chi connectivity index (χ2v) is 15.2. The fourth-order valence-electron chi connectivity index (χ4n) is 9.54. The minimum absolute atomic E-state index is 0.0634. The maximum Gasteiger partial charge on any atom is 0.220 e. The van der Waals surface area contributed by atoms with Crippen LogP contribution in [0.5, 0.6) is 0 Å². The van der Waals surface area contributed by atoms with E-state index >= 15 is 0 Å². The number of amides is 1. The van der Waals surface area contributed by atoms with Crippen molar-refractivity contribution >= 4 is 5.91 Å². The van der Waals surface area contributed by atoms with Crippen molar-refractivity contribution in [1.29, 1.82) is 0 Å². The first-order chi connectivity index (χ1) is 22.5. The van der Waals surface area contributed by atoms with E-state index in [9.17, 15) is 40.5 Å². The van der Waals surface area contributed by atoms with E-state index in [0.717, 1.165) is 37.5 Å².